The number of benzene rings is 1. The molecule has 0 radical (unpaired) electrons. The molecule has 3 atom stereocenters. The third-order valence-corrected chi connectivity index (χ3v) is 5.27. The first-order valence-electron chi connectivity index (χ1n) is 9.11. The molecule has 1 aliphatic carbocycles. The predicted octanol–water partition coefficient (Wildman–Crippen LogP) is 2.32. The number of aromatic hydroxyl groups is 2. The number of hydrogen-bond acceptors (Lipinski definition) is 7. The lowest BCUT2D eigenvalue weighted by atomic mass is 9.76. The van der Waals surface area contributed by atoms with Gasteiger partial charge in [0.15, 0.2) is 11.4 Å². The minimum atomic E-state index is -1.90. The molecule has 0 saturated carbocycles. The first-order valence-corrected chi connectivity index (χ1v) is 9.11. The Morgan fingerprint density at radius 1 is 1.32 bits per heavy atom. The van der Waals surface area contributed by atoms with Crippen molar-refractivity contribution in [3.63, 3.8) is 0 Å². The monoisotopic (exact) mass is 388 g/mol. The van der Waals surface area contributed by atoms with Gasteiger partial charge < -0.3 is 24.8 Å². The fourth-order valence-electron chi connectivity index (χ4n) is 3.72. The zero-order valence-corrected chi connectivity index (χ0v) is 16.1. The second-order valence-corrected chi connectivity index (χ2v) is 7.39. The van der Waals surface area contributed by atoms with Crippen LogP contribution in [0.15, 0.2) is 35.4 Å². The van der Waals surface area contributed by atoms with Crippen molar-refractivity contribution in [1.82, 2.24) is 0 Å². The van der Waals surface area contributed by atoms with Gasteiger partial charge >= 0.3 is 5.97 Å². The Hall–Kier alpha value is -2.64. The summed E-state index contributed by atoms with van der Waals surface area (Å²) in [5.74, 6) is -1.99. The Labute approximate surface area is 162 Å². The zero-order valence-electron chi connectivity index (χ0n) is 16.1. The molecule has 1 aliphatic heterocycles. The van der Waals surface area contributed by atoms with Gasteiger partial charge in [-0.05, 0) is 38.8 Å². The zero-order chi connectivity index (χ0) is 20.6. The van der Waals surface area contributed by atoms with Gasteiger partial charge in [-0.2, -0.15) is 0 Å². The number of ketones is 1. The molecule has 7 heteroatoms. The third-order valence-electron chi connectivity index (χ3n) is 5.27. The lowest BCUT2D eigenvalue weighted by Gasteiger charge is -2.40. The molecule has 2 aliphatic rings. The third kappa shape index (κ3) is 3.55. The molecule has 1 aromatic rings. The number of esters is 1. The maximum atomic E-state index is 12.8. The second-order valence-electron chi connectivity index (χ2n) is 7.39. The van der Waals surface area contributed by atoms with Crippen molar-refractivity contribution in [3.05, 3.63) is 46.6 Å². The van der Waals surface area contributed by atoms with E-state index in [1.807, 2.05) is 19.1 Å². The Morgan fingerprint density at radius 2 is 2.04 bits per heavy atom. The number of hydrogen-bond donors (Lipinski definition) is 3. The van der Waals surface area contributed by atoms with Crippen LogP contribution in [0.25, 0.3) is 0 Å². The van der Waals surface area contributed by atoms with Crippen LogP contribution in [-0.4, -0.2) is 51.5 Å². The number of carbonyl (C=O) groups is 2. The maximum absolute atomic E-state index is 12.8. The van der Waals surface area contributed by atoms with Crippen molar-refractivity contribution >= 4 is 11.8 Å². The molecule has 0 aromatic heterocycles. The van der Waals surface area contributed by atoms with E-state index in [0.717, 1.165) is 11.6 Å². The number of phenols is 2. The summed E-state index contributed by atoms with van der Waals surface area (Å²) in [6, 6.07) is 2.36. The highest BCUT2D eigenvalue weighted by atomic mass is 16.6. The Balaban J connectivity index is 1.87. The molecule has 0 spiro atoms. The molecule has 150 valence electrons. The predicted molar refractivity (Wildman–Crippen MR) is 100 cm³/mol. The highest BCUT2D eigenvalue weighted by Crippen LogP contribution is 2.38. The molecule has 0 fully saturated rings. The van der Waals surface area contributed by atoms with Gasteiger partial charge in [0, 0.05) is 18.1 Å². The molecular formula is C21H24O7. The summed E-state index contributed by atoms with van der Waals surface area (Å²) < 4.78 is 11.1. The summed E-state index contributed by atoms with van der Waals surface area (Å²) in [4.78, 5) is 25.4. The van der Waals surface area contributed by atoms with Crippen molar-refractivity contribution < 1.29 is 34.4 Å². The van der Waals surface area contributed by atoms with Crippen LogP contribution in [0.5, 0.6) is 11.5 Å². The van der Waals surface area contributed by atoms with E-state index in [1.54, 1.807) is 6.92 Å². The van der Waals surface area contributed by atoms with Crippen LogP contribution in [0.1, 0.15) is 42.6 Å². The van der Waals surface area contributed by atoms with Crippen molar-refractivity contribution in [3.8, 4) is 11.5 Å². The minimum absolute atomic E-state index is 0.109. The van der Waals surface area contributed by atoms with E-state index in [-0.39, 0.29) is 30.4 Å². The molecule has 0 unspecified atom stereocenters. The van der Waals surface area contributed by atoms with Crippen LogP contribution >= 0.6 is 0 Å². The van der Waals surface area contributed by atoms with E-state index in [2.05, 4.69) is 0 Å². The number of aryl methyl sites for hydroxylation is 1. The normalized spacial score (nSPS) is 27.8. The Kier molecular flexibility index (Phi) is 5.32. The average molecular weight is 388 g/mol. The van der Waals surface area contributed by atoms with E-state index in [0.29, 0.717) is 17.6 Å². The van der Waals surface area contributed by atoms with Gasteiger partial charge in [-0.25, -0.2) is 4.79 Å². The number of rotatable bonds is 3. The van der Waals surface area contributed by atoms with E-state index in [9.17, 15) is 24.9 Å². The summed E-state index contributed by atoms with van der Waals surface area (Å²) in [6.45, 7) is 4.85. The van der Waals surface area contributed by atoms with Crippen LogP contribution < -0.4 is 0 Å². The summed E-state index contributed by atoms with van der Waals surface area (Å²) in [5, 5.41) is 30.3. The molecule has 1 heterocycles. The summed E-state index contributed by atoms with van der Waals surface area (Å²) in [6.07, 6.45) is 3.18. The van der Waals surface area contributed by atoms with Crippen molar-refractivity contribution in [1.29, 1.82) is 0 Å². The van der Waals surface area contributed by atoms with E-state index in [1.165, 1.54) is 13.0 Å². The summed E-state index contributed by atoms with van der Waals surface area (Å²) in [7, 11) is 0. The molecule has 0 saturated heterocycles. The molecular weight excluding hydrogens is 364 g/mol. The number of carbonyl (C=O) groups excluding carboxylic acids is 2. The summed E-state index contributed by atoms with van der Waals surface area (Å²) >= 11 is 0. The largest absolute Gasteiger partial charge is 0.508 e. The lowest BCUT2D eigenvalue weighted by molar-refractivity contribution is -0.147. The van der Waals surface area contributed by atoms with Gasteiger partial charge in [0.1, 0.15) is 23.2 Å². The van der Waals surface area contributed by atoms with Gasteiger partial charge in [-0.1, -0.05) is 17.7 Å². The average Bonchev–Trinajstić information content (AvgIpc) is 2.59. The van der Waals surface area contributed by atoms with Crippen molar-refractivity contribution in [2.45, 2.75) is 51.4 Å². The SMILES string of the molecule is CC=C[C@H]1CC2=C(CO1)C(=O)[C@@](C)(O)[C@@H](OC(=O)c1c(C)cc(O)cc1O)C2. The van der Waals surface area contributed by atoms with E-state index < -0.39 is 29.2 Å². The molecule has 28 heavy (non-hydrogen) atoms. The topological polar surface area (TPSA) is 113 Å². The van der Waals surface area contributed by atoms with Gasteiger partial charge in [-0.15, -0.1) is 0 Å². The van der Waals surface area contributed by atoms with Crippen LogP contribution in [0.2, 0.25) is 0 Å². The van der Waals surface area contributed by atoms with Crippen LogP contribution in [0, 0.1) is 6.92 Å². The molecule has 0 amide bonds. The lowest BCUT2D eigenvalue weighted by Crippen LogP contribution is -2.54. The summed E-state index contributed by atoms with van der Waals surface area (Å²) in [5.41, 5.74) is -0.453. The maximum Gasteiger partial charge on any atom is 0.342 e. The van der Waals surface area contributed by atoms with Gasteiger partial charge in [0.25, 0.3) is 0 Å². The van der Waals surface area contributed by atoms with E-state index in [4.69, 9.17) is 9.47 Å². The quantitative estimate of drug-likeness (QED) is 0.538. The number of Topliss-reactive ketones (excluding diaryl/α,β-unsaturated/α-hetero) is 1. The molecule has 1 aromatic carbocycles. The van der Waals surface area contributed by atoms with Crippen LogP contribution in [-0.2, 0) is 14.3 Å². The Morgan fingerprint density at radius 3 is 2.68 bits per heavy atom. The van der Waals surface area contributed by atoms with Crippen molar-refractivity contribution in [2.75, 3.05) is 6.61 Å². The smallest absolute Gasteiger partial charge is 0.342 e. The fraction of sp³-hybridized carbons (Fsp3) is 0.429. The Bertz CT molecular complexity index is 856. The van der Waals surface area contributed by atoms with E-state index >= 15 is 0 Å². The standard InChI is InChI=1S/C21H24O7/c1-4-5-14-7-12-8-17(21(3,26)19(24)15(12)10-27-14)28-20(25)18-11(2)6-13(22)9-16(18)23/h4-6,9,14,17,22-23,26H,7-8,10H2,1-3H3/t14-,17-,21-/m0/s1. The molecule has 0 bridgehead atoms. The molecule has 3 N–H and O–H groups in total. The fourth-order valence-corrected chi connectivity index (χ4v) is 3.72. The first kappa shape index (κ1) is 20.1. The highest BCUT2D eigenvalue weighted by Gasteiger charge is 2.49. The number of allylic oxidation sites excluding steroid dienone is 1. The number of ether oxygens (including phenoxy) is 2. The molecule has 3 rings (SSSR count). The highest BCUT2D eigenvalue weighted by molar-refractivity contribution is 6.04. The van der Waals surface area contributed by atoms with Gasteiger partial charge in [0.2, 0.25) is 0 Å². The number of aliphatic hydroxyl groups is 1. The minimum Gasteiger partial charge on any atom is -0.508 e. The second kappa shape index (κ2) is 7.41. The van der Waals surface area contributed by atoms with Gasteiger partial charge in [0.05, 0.1) is 12.7 Å². The van der Waals surface area contributed by atoms with Crippen LogP contribution in [0.4, 0.5) is 0 Å². The van der Waals surface area contributed by atoms with Gasteiger partial charge in [-0.3, -0.25) is 4.79 Å². The molecule has 7 nitrogen and oxygen atoms in total. The van der Waals surface area contributed by atoms with Crippen LogP contribution in [0.3, 0.4) is 0 Å². The first-order chi connectivity index (χ1) is 13.1. The number of phenolic OH excluding ortho intramolecular Hbond substituents is 2. The van der Waals surface area contributed by atoms with Crippen molar-refractivity contribution in [2.24, 2.45) is 0 Å².